The van der Waals surface area contributed by atoms with Gasteiger partial charge in [0.2, 0.25) is 5.91 Å². The molecule has 1 atom stereocenters. The second-order valence-corrected chi connectivity index (χ2v) is 10.5. The molecule has 1 amide bonds. The van der Waals surface area contributed by atoms with Crippen LogP contribution in [0.25, 0.3) is 10.2 Å². The molecule has 0 spiro atoms. The zero-order valence-corrected chi connectivity index (χ0v) is 16.3. The van der Waals surface area contributed by atoms with E-state index in [9.17, 15) is 13.2 Å². The highest BCUT2D eigenvalue weighted by molar-refractivity contribution is 7.91. The molecule has 0 saturated carbocycles. The minimum Gasteiger partial charge on any atom is -0.340 e. The topological polar surface area (TPSA) is 70.6 Å². The Morgan fingerprint density at radius 2 is 1.96 bits per heavy atom. The molecule has 0 radical (unpaired) electrons. The SMILES string of the molecule is O=C(C[C@@H]1CCS(=O)(=O)C1)N1CCN(Cc2nc3ccccc3s2)CC1. The van der Waals surface area contributed by atoms with Gasteiger partial charge in [0.25, 0.3) is 0 Å². The summed E-state index contributed by atoms with van der Waals surface area (Å²) in [5.74, 6) is 0.525. The second-order valence-electron chi connectivity index (χ2n) is 7.21. The predicted molar refractivity (Wildman–Crippen MR) is 103 cm³/mol. The van der Waals surface area contributed by atoms with Crippen molar-refractivity contribution < 1.29 is 13.2 Å². The van der Waals surface area contributed by atoms with E-state index >= 15 is 0 Å². The quantitative estimate of drug-likeness (QED) is 0.792. The molecule has 8 heteroatoms. The highest BCUT2D eigenvalue weighted by Gasteiger charge is 2.31. The summed E-state index contributed by atoms with van der Waals surface area (Å²) in [5.41, 5.74) is 1.05. The maximum absolute atomic E-state index is 12.4. The fourth-order valence-electron chi connectivity index (χ4n) is 3.74. The molecule has 0 unspecified atom stereocenters. The molecule has 26 heavy (non-hydrogen) atoms. The van der Waals surface area contributed by atoms with E-state index in [4.69, 9.17) is 0 Å². The monoisotopic (exact) mass is 393 g/mol. The first-order chi connectivity index (χ1) is 12.5. The number of piperazine rings is 1. The van der Waals surface area contributed by atoms with E-state index in [0.717, 1.165) is 30.2 Å². The third kappa shape index (κ3) is 4.07. The van der Waals surface area contributed by atoms with Crippen LogP contribution in [0.1, 0.15) is 17.8 Å². The summed E-state index contributed by atoms with van der Waals surface area (Å²) in [5, 5.41) is 1.11. The van der Waals surface area contributed by atoms with E-state index in [-0.39, 0.29) is 23.3 Å². The Balaban J connectivity index is 1.27. The maximum Gasteiger partial charge on any atom is 0.222 e. The van der Waals surface area contributed by atoms with Gasteiger partial charge in [-0.1, -0.05) is 12.1 Å². The van der Waals surface area contributed by atoms with Crippen LogP contribution in [0.4, 0.5) is 0 Å². The van der Waals surface area contributed by atoms with Crippen LogP contribution in [0.2, 0.25) is 0 Å². The predicted octanol–water partition coefficient (Wildman–Crippen LogP) is 1.77. The molecule has 1 aromatic carbocycles. The van der Waals surface area contributed by atoms with E-state index in [1.165, 1.54) is 4.70 Å². The van der Waals surface area contributed by atoms with Gasteiger partial charge in [-0.05, 0) is 24.5 Å². The largest absolute Gasteiger partial charge is 0.340 e. The van der Waals surface area contributed by atoms with E-state index in [1.54, 1.807) is 11.3 Å². The smallest absolute Gasteiger partial charge is 0.222 e. The molecular formula is C18H23N3O3S2. The number of hydrogen-bond acceptors (Lipinski definition) is 6. The highest BCUT2D eigenvalue weighted by atomic mass is 32.2. The Morgan fingerprint density at radius 1 is 1.19 bits per heavy atom. The van der Waals surface area contributed by atoms with Crippen LogP contribution in [0.3, 0.4) is 0 Å². The molecular weight excluding hydrogens is 370 g/mol. The molecule has 0 bridgehead atoms. The van der Waals surface area contributed by atoms with Gasteiger partial charge in [-0.15, -0.1) is 11.3 Å². The summed E-state index contributed by atoms with van der Waals surface area (Å²) in [6.07, 6.45) is 1.00. The zero-order chi connectivity index (χ0) is 18.1. The fraction of sp³-hybridized carbons (Fsp3) is 0.556. The average molecular weight is 394 g/mol. The Labute approximate surface area is 157 Å². The Kier molecular flexibility index (Phi) is 4.98. The second kappa shape index (κ2) is 7.25. The van der Waals surface area contributed by atoms with Crippen LogP contribution in [-0.4, -0.2) is 66.8 Å². The molecule has 2 aliphatic heterocycles. The lowest BCUT2D eigenvalue weighted by molar-refractivity contribution is -0.133. The first kappa shape index (κ1) is 17.9. The standard InChI is InChI=1S/C18H23N3O3S2/c22-18(11-14-5-10-26(23,24)13-14)21-8-6-20(7-9-21)12-17-19-15-3-1-2-4-16(15)25-17/h1-4,14H,5-13H2/t14-/m0/s1. The molecule has 2 aliphatic rings. The molecule has 2 fully saturated rings. The van der Waals surface area contributed by atoms with Crippen molar-refractivity contribution in [2.75, 3.05) is 37.7 Å². The number of nitrogens with zero attached hydrogens (tertiary/aromatic N) is 3. The number of fused-ring (bicyclic) bond motifs is 1. The number of benzene rings is 1. The number of rotatable bonds is 4. The van der Waals surface area contributed by atoms with Crippen molar-refractivity contribution in [2.45, 2.75) is 19.4 Å². The first-order valence-corrected chi connectivity index (χ1v) is 11.7. The summed E-state index contributed by atoms with van der Waals surface area (Å²) < 4.78 is 24.3. The Hall–Kier alpha value is -1.51. The third-order valence-electron chi connectivity index (χ3n) is 5.21. The summed E-state index contributed by atoms with van der Waals surface area (Å²) in [7, 11) is -2.91. The van der Waals surface area contributed by atoms with Crippen LogP contribution in [-0.2, 0) is 21.2 Å². The van der Waals surface area contributed by atoms with Crippen molar-refractivity contribution in [3.05, 3.63) is 29.3 Å². The van der Waals surface area contributed by atoms with Crippen LogP contribution < -0.4 is 0 Å². The van der Waals surface area contributed by atoms with Crippen LogP contribution in [0.5, 0.6) is 0 Å². The highest BCUT2D eigenvalue weighted by Crippen LogP contribution is 2.24. The number of thiazole rings is 1. The molecule has 2 saturated heterocycles. The van der Waals surface area contributed by atoms with Crippen molar-refractivity contribution >= 4 is 37.3 Å². The summed E-state index contributed by atoms with van der Waals surface area (Å²) in [4.78, 5) is 21.4. The number of hydrogen-bond donors (Lipinski definition) is 0. The summed E-state index contributed by atoms with van der Waals surface area (Å²) in [6, 6.07) is 8.17. The van der Waals surface area contributed by atoms with Crippen LogP contribution in [0.15, 0.2) is 24.3 Å². The van der Waals surface area contributed by atoms with Gasteiger partial charge in [0, 0.05) is 32.6 Å². The normalized spacial score (nSPS) is 23.5. The molecule has 0 aliphatic carbocycles. The summed E-state index contributed by atoms with van der Waals surface area (Å²) in [6.45, 7) is 3.92. The fourth-order valence-corrected chi connectivity index (χ4v) is 6.61. The van der Waals surface area contributed by atoms with Crippen LogP contribution >= 0.6 is 11.3 Å². The molecule has 4 rings (SSSR count). The average Bonchev–Trinajstić information content (AvgIpc) is 3.17. The first-order valence-electron chi connectivity index (χ1n) is 9.03. The molecule has 6 nitrogen and oxygen atoms in total. The van der Waals surface area contributed by atoms with Crippen LogP contribution in [0, 0.1) is 5.92 Å². The molecule has 1 aromatic heterocycles. The molecule has 3 heterocycles. The minimum absolute atomic E-state index is 0.00766. The lowest BCUT2D eigenvalue weighted by atomic mass is 10.0. The van der Waals surface area contributed by atoms with Gasteiger partial charge in [0.05, 0.1) is 28.3 Å². The van der Waals surface area contributed by atoms with E-state index in [1.807, 2.05) is 23.1 Å². The van der Waals surface area contributed by atoms with E-state index < -0.39 is 9.84 Å². The third-order valence-corrected chi connectivity index (χ3v) is 8.07. The van der Waals surface area contributed by atoms with Crippen molar-refractivity contribution in [3.8, 4) is 0 Å². The molecule has 140 valence electrons. The minimum atomic E-state index is -2.91. The number of aromatic nitrogens is 1. The van der Waals surface area contributed by atoms with Crippen molar-refractivity contribution in [1.82, 2.24) is 14.8 Å². The number of carbonyl (C=O) groups is 1. The van der Waals surface area contributed by atoms with E-state index in [2.05, 4.69) is 16.0 Å². The van der Waals surface area contributed by atoms with Gasteiger partial charge in [-0.25, -0.2) is 13.4 Å². The zero-order valence-electron chi connectivity index (χ0n) is 14.6. The number of carbonyl (C=O) groups excluding carboxylic acids is 1. The summed E-state index contributed by atoms with van der Waals surface area (Å²) >= 11 is 1.73. The lowest BCUT2D eigenvalue weighted by Gasteiger charge is -2.34. The van der Waals surface area contributed by atoms with Gasteiger partial charge in [-0.2, -0.15) is 0 Å². The molecule has 0 N–H and O–H groups in total. The van der Waals surface area contributed by atoms with Crippen molar-refractivity contribution in [3.63, 3.8) is 0 Å². The number of sulfone groups is 1. The van der Waals surface area contributed by atoms with Gasteiger partial charge >= 0.3 is 0 Å². The molecule has 2 aromatic rings. The Bertz CT molecular complexity index is 868. The lowest BCUT2D eigenvalue weighted by Crippen LogP contribution is -2.48. The van der Waals surface area contributed by atoms with Crippen molar-refractivity contribution in [1.29, 1.82) is 0 Å². The Morgan fingerprint density at radius 3 is 2.65 bits per heavy atom. The van der Waals surface area contributed by atoms with Gasteiger partial charge in [0.1, 0.15) is 5.01 Å². The number of para-hydroxylation sites is 1. The van der Waals surface area contributed by atoms with Gasteiger partial charge in [0.15, 0.2) is 9.84 Å². The maximum atomic E-state index is 12.4. The number of amides is 1. The van der Waals surface area contributed by atoms with E-state index in [0.29, 0.717) is 25.9 Å². The van der Waals surface area contributed by atoms with Gasteiger partial charge in [-0.3, -0.25) is 9.69 Å². The van der Waals surface area contributed by atoms with Gasteiger partial charge < -0.3 is 4.90 Å². The van der Waals surface area contributed by atoms with Crippen molar-refractivity contribution in [2.24, 2.45) is 5.92 Å².